The van der Waals surface area contributed by atoms with Crippen LogP contribution in [0.2, 0.25) is 0 Å². The van der Waals surface area contributed by atoms with Crippen LogP contribution in [0.15, 0.2) is 0 Å². The molecule has 29 heavy (non-hydrogen) atoms. The summed E-state index contributed by atoms with van der Waals surface area (Å²) in [5.41, 5.74) is 0. The Morgan fingerprint density at radius 3 is 1.59 bits per heavy atom. The van der Waals surface area contributed by atoms with Crippen LogP contribution in [-0.4, -0.2) is 87.8 Å². The summed E-state index contributed by atoms with van der Waals surface area (Å²) in [6, 6.07) is 0. The van der Waals surface area contributed by atoms with Crippen LogP contribution in [0.25, 0.3) is 0 Å². The molecule has 0 N–H and O–H groups in total. The van der Waals surface area contributed by atoms with E-state index in [0.717, 1.165) is 30.9 Å². The average molecular weight is 412 g/mol. The van der Waals surface area contributed by atoms with Gasteiger partial charge in [-0.15, -0.1) is 0 Å². The highest BCUT2D eigenvalue weighted by atomic mass is 16.5. The third-order valence-electron chi connectivity index (χ3n) is 7.05. The van der Waals surface area contributed by atoms with Crippen molar-refractivity contribution in [2.24, 2.45) is 17.8 Å². The fourth-order valence-electron chi connectivity index (χ4n) is 5.15. The molecule has 3 aliphatic rings. The lowest BCUT2D eigenvalue weighted by Gasteiger charge is -2.38. The Hall–Kier alpha value is -0.160. The standard InChI is InChI=1S/C21H41N3O.2C2H6/c1-22-9-3-21(4-10-22)18-24-13-7-20(8-14-24)17-19-5-11-23(12-6-19)15-16-25-2;2*1-2/h19-21H,3-18H2,1-2H3;2*1-2H3. The van der Waals surface area contributed by atoms with Crippen LogP contribution in [0, 0.1) is 17.8 Å². The van der Waals surface area contributed by atoms with Crippen LogP contribution >= 0.6 is 0 Å². The van der Waals surface area contributed by atoms with E-state index in [9.17, 15) is 0 Å². The number of nitrogens with zero attached hydrogens (tertiary/aromatic N) is 3. The van der Waals surface area contributed by atoms with Crippen molar-refractivity contribution in [2.75, 3.05) is 73.1 Å². The molecule has 0 atom stereocenters. The molecular weight excluding hydrogens is 358 g/mol. The van der Waals surface area contributed by atoms with Gasteiger partial charge >= 0.3 is 0 Å². The van der Waals surface area contributed by atoms with Crippen molar-refractivity contribution in [2.45, 2.75) is 72.6 Å². The topological polar surface area (TPSA) is 19.0 Å². The van der Waals surface area contributed by atoms with Gasteiger partial charge in [-0.25, -0.2) is 0 Å². The molecule has 3 heterocycles. The SMILES string of the molecule is CC.CC.COCCN1CCC(CC2CCN(CC3CCN(C)CC3)CC2)CC1. The predicted molar refractivity (Wildman–Crippen MR) is 128 cm³/mol. The summed E-state index contributed by atoms with van der Waals surface area (Å²) in [6.07, 6.45) is 10.1. The van der Waals surface area contributed by atoms with E-state index in [1.807, 2.05) is 34.8 Å². The van der Waals surface area contributed by atoms with Crippen molar-refractivity contribution in [1.82, 2.24) is 14.7 Å². The molecule has 0 unspecified atom stereocenters. The van der Waals surface area contributed by atoms with Gasteiger partial charge in [-0.2, -0.15) is 0 Å². The molecule has 3 fully saturated rings. The smallest absolute Gasteiger partial charge is 0.0589 e. The summed E-state index contributed by atoms with van der Waals surface area (Å²) >= 11 is 0. The van der Waals surface area contributed by atoms with E-state index in [1.165, 1.54) is 90.8 Å². The number of piperidine rings is 3. The molecule has 0 aromatic heterocycles. The van der Waals surface area contributed by atoms with Crippen LogP contribution in [-0.2, 0) is 4.74 Å². The predicted octanol–water partition coefficient (Wildman–Crippen LogP) is 4.84. The van der Waals surface area contributed by atoms with Gasteiger partial charge in [0.2, 0.25) is 0 Å². The van der Waals surface area contributed by atoms with E-state index >= 15 is 0 Å². The van der Waals surface area contributed by atoms with Crippen molar-refractivity contribution in [1.29, 1.82) is 0 Å². The number of hydrogen-bond acceptors (Lipinski definition) is 4. The molecule has 4 nitrogen and oxygen atoms in total. The molecule has 0 saturated carbocycles. The molecule has 0 radical (unpaired) electrons. The normalized spacial score (nSPS) is 23.8. The molecule has 0 aromatic carbocycles. The Labute approximate surface area is 183 Å². The van der Waals surface area contributed by atoms with Gasteiger partial charge in [0, 0.05) is 20.2 Å². The maximum atomic E-state index is 5.21. The van der Waals surface area contributed by atoms with Crippen molar-refractivity contribution in [3.05, 3.63) is 0 Å². The van der Waals surface area contributed by atoms with Crippen molar-refractivity contribution in [3.63, 3.8) is 0 Å². The first-order valence-corrected chi connectivity index (χ1v) is 12.8. The maximum absolute atomic E-state index is 5.21. The van der Waals surface area contributed by atoms with Gasteiger partial charge in [0.25, 0.3) is 0 Å². The number of likely N-dealkylation sites (tertiary alicyclic amines) is 3. The number of hydrogen-bond donors (Lipinski definition) is 0. The number of methoxy groups -OCH3 is 1. The van der Waals surface area contributed by atoms with Crippen LogP contribution in [0.5, 0.6) is 0 Å². The van der Waals surface area contributed by atoms with Crippen LogP contribution in [0.4, 0.5) is 0 Å². The van der Waals surface area contributed by atoms with E-state index in [2.05, 4.69) is 21.7 Å². The van der Waals surface area contributed by atoms with Crippen molar-refractivity contribution in [3.8, 4) is 0 Å². The second-order valence-corrected chi connectivity index (χ2v) is 9.00. The van der Waals surface area contributed by atoms with Crippen LogP contribution in [0.3, 0.4) is 0 Å². The van der Waals surface area contributed by atoms with Crippen molar-refractivity contribution >= 4 is 0 Å². The van der Waals surface area contributed by atoms with E-state index in [0.29, 0.717) is 0 Å². The van der Waals surface area contributed by atoms with Gasteiger partial charge < -0.3 is 19.4 Å². The summed E-state index contributed by atoms with van der Waals surface area (Å²) in [5, 5.41) is 0. The molecule has 0 aromatic rings. The number of rotatable bonds is 7. The molecular formula is C25H53N3O. The zero-order chi connectivity index (χ0) is 21.5. The zero-order valence-corrected chi connectivity index (χ0v) is 20.8. The minimum Gasteiger partial charge on any atom is -0.383 e. The third-order valence-corrected chi connectivity index (χ3v) is 7.05. The quantitative estimate of drug-likeness (QED) is 0.596. The maximum Gasteiger partial charge on any atom is 0.0589 e. The van der Waals surface area contributed by atoms with Crippen LogP contribution < -0.4 is 0 Å². The molecule has 4 heteroatoms. The molecule has 174 valence electrons. The molecule has 0 amide bonds. The summed E-state index contributed by atoms with van der Waals surface area (Å²) in [4.78, 5) is 7.85. The van der Waals surface area contributed by atoms with Gasteiger partial charge in [-0.1, -0.05) is 27.7 Å². The number of ether oxygens (including phenoxy) is 1. The average Bonchev–Trinajstić information content (AvgIpc) is 2.79. The summed E-state index contributed by atoms with van der Waals surface area (Å²) < 4.78 is 5.21. The van der Waals surface area contributed by atoms with E-state index in [-0.39, 0.29) is 0 Å². The first kappa shape index (κ1) is 26.9. The van der Waals surface area contributed by atoms with Gasteiger partial charge in [0.1, 0.15) is 0 Å². The van der Waals surface area contributed by atoms with Gasteiger partial charge in [-0.05, 0) is 109 Å². The molecule has 3 rings (SSSR count). The first-order chi connectivity index (χ1) is 14.2. The highest BCUT2D eigenvalue weighted by Crippen LogP contribution is 2.30. The van der Waals surface area contributed by atoms with Gasteiger partial charge in [0.05, 0.1) is 6.61 Å². The largest absolute Gasteiger partial charge is 0.383 e. The van der Waals surface area contributed by atoms with Gasteiger partial charge in [0.15, 0.2) is 0 Å². The first-order valence-electron chi connectivity index (χ1n) is 12.8. The molecule has 3 aliphatic heterocycles. The summed E-state index contributed by atoms with van der Waals surface area (Å²) in [7, 11) is 4.08. The fourth-order valence-corrected chi connectivity index (χ4v) is 5.15. The minimum atomic E-state index is 0.889. The Morgan fingerprint density at radius 1 is 0.655 bits per heavy atom. The lowest BCUT2D eigenvalue weighted by atomic mass is 9.82. The third kappa shape index (κ3) is 10.6. The van der Waals surface area contributed by atoms with Crippen molar-refractivity contribution < 1.29 is 4.74 Å². The highest BCUT2D eigenvalue weighted by molar-refractivity contribution is 4.80. The highest BCUT2D eigenvalue weighted by Gasteiger charge is 2.27. The van der Waals surface area contributed by atoms with E-state index in [1.54, 1.807) is 0 Å². The zero-order valence-electron chi connectivity index (χ0n) is 20.8. The second kappa shape index (κ2) is 16.5. The minimum absolute atomic E-state index is 0.889. The molecule has 0 spiro atoms. The lowest BCUT2D eigenvalue weighted by molar-refractivity contribution is 0.0967. The van der Waals surface area contributed by atoms with E-state index in [4.69, 9.17) is 4.74 Å². The second-order valence-electron chi connectivity index (χ2n) is 9.00. The van der Waals surface area contributed by atoms with E-state index < -0.39 is 0 Å². The Bertz CT molecular complexity index is 355. The summed E-state index contributed by atoms with van der Waals surface area (Å²) in [6.45, 7) is 19.3. The molecule has 0 bridgehead atoms. The Morgan fingerprint density at radius 2 is 1.10 bits per heavy atom. The Balaban J connectivity index is 0.000000989. The molecule has 0 aliphatic carbocycles. The van der Waals surface area contributed by atoms with Crippen LogP contribution in [0.1, 0.15) is 72.6 Å². The lowest BCUT2D eigenvalue weighted by Crippen LogP contribution is -2.41. The fraction of sp³-hybridized carbons (Fsp3) is 1.00. The summed E-state index contributed by atoms with van der Waals surface area (Å²) in [5.74, 6) is 2.96. The monoisotopic (exact) mass is 411 g/mol. The molecule has 3 saturated heterocycles. The Kier molecular flexibility index (Phi) is 15.3. The van der Waals surface area contributed by atoms with Gasteiger partial charge in [-0.3, -0.25) is 0 Å².